The highest BCUT2D eigenvalue weighted by Crippen LogP contribution is 2.40. The molecule has 0 spiro atoms. The summed E-state index contributed by atoms with van der Waals surface area (Å²) in [4.78, 5) is 18.0. The first-order chi connectivity index (χ1) is 15.5. The van der Waals surface area contributed by atoms with Crippen molar-refractivity contribution >= 4 is 38.6 Å². The lowest BCUT2D eigenvalue weighted by atomic mass is 9.97. The molecule has 1 amide bonds. The van der Waals surface area contributed by atoms with E-state index in [9.17, 15) is 13.2 Å². The van der Waals surface area contributed by atoms with Crippen LogP contribution in [-0.4, -0.2) is 45.0 Å². The van der Waals surface area contributed by atoms with Crippen LogP contribution in [0.1, 0.15) is 44.6 Å². The predicted molar refractivity (Wildman–Crippen MR) is 126 cm³/mol. The van der Waals surface area contributed by atoms with Gasteiger partial charge in [0, 0.05) is 35.0 Å². The molecular formula is C23H24N2O4S3. The molecule has 9 heteroatoms. The first kappa shape index (κ1) is 21.8. The predicted octanol–water partition coefficient (Wildman–Crippen LogP) is 4.05. The Morgan fingerprint density at radius 3 is 2.69 bits per heavy atom. The molecule has 2 aliphatic rings. The molecule has 1 fully saturated rings. The third-order valence-corrected chi connectivity index (χ3v) is 9.34. The van der Waals surface area contributed by atoms with Gasteiger partial charge in [0.25, 0.3) is 5.91 Å². The van der Waals surface area contributed by atoms with Crippen LogP contribution in [0.5, 0.6) is 0 Å². The van der Waals surface area contributed by atoms with Crippen molar-refractivity contribution < 1.29 is 17.9 Å². The highest BCUT2D eigenvalue weighted by atomic mass is 32.2. The van der Waals surface area contributed by atoms with Gasteiger partial charge in [0.1, 0.15) is 0 Å². The molecule has 0 bridgehead atoms. The number of carbonyl (C=O) groups excluding carboxylic acids is 1. The van der Waals surface area contributed by atoms with Crippen molar-refractivity contribution in [2.45, 2.75) is 36.3 Å². The van der Waals surface area contributed by atoms with Gasteiger partial charge in [-0.05, 0) is 72.0 Å². The largest absolute Gasteiger partial charge is 0.377 e. The van der Waals surface area contributed by atoms with Gasteiger partial charge in [0.2, 0.25) is 10.0 Å². The van der Waals surface area contributed by atoms with Crippen molar-refractivity contribution in [3.05, 3.63) is 74.1 Å². The summed E-state index contributed by atoms with van der Waals surface area (Å²) in [6.45, 7) is 1.58. The maximum atomic E-state index is 13.5. The minimum Gasteiger partial charge on any atom is -0.377 e. The van der Waals surface area contributed by atoms with Gasteiger partial charge < -0.3 is 9.64 Å². The molecule has 1 saturated heterocycles. The monoisotopic (exact) mass is 488 g/mol. The van der Waals surface area contributed by atoms with Crippen LogP contribution in [-0.2, 0) is 21.2 Å². The number of carbonyl (C=O) groups is 1. The fourth-order valence-electron chi connectivity index (χ4n) is 4.32. The number of nitrogens with zero attached hydrogens (tertiary/aromatic N) is 1. The lowest BCUT2D eigenvalue weighted by molar-refractivity contribution is 0.0698. The molecule has 1 aromatic carbocycles. The van der Waals surface area contributed by atoms with E-state index in [1.807, 2.05) is 16.3 Å². The summed E-state index contributed by atoms with van der Waals surface area (Å²) in [6, 6.07) is 12.3. The van der Waals surface area contributed by atoms with E-state index in [0.717, 1.165) is 24.1 Å². The van der Waals surface area contributed by atoms with Gasteiger partial charge in [-0.15, -0.1) is 22.7 Å². The van der Waals surface area contributed by atoms with Gasteiger partial charge in [-0.3, -0.25) is 4.79 Å². The fraction of sp³-hybridized carbons (Fsp3) is 0.348. The quantitative estimate of drug-likeness (QED) is 0.568. The minimum atomic E-state index is -3.65. The zero-order valence-electron chi connectivity index (χ0n) is 17.4. The van der Waals surface area contributed by atoms with E-state index in [0.29, 0.717) is 18.7 Å². The van der Waals surface area contributed by atoms with Gasteiger partial charge in [-0.2, -0.15) is 0 Å². The van der Waals surface area contributed by atoms with Crippen LogP contribution in [0.3, 0.4) is 0 Å². The summed E-state index contributed by atoms with van der Waals surface area (Å²) in [5.41, 5.74) is 1.68. The highest BCUT2D eigenvalue weighted by Gasteiger charge is 2.34. The number of sulfonamides is 1. The van der Waals surface area contributed by atoms with Crippen LogP contribution < -0.4 is 4.72 Å². The molecular weight excluding hydrogens is 464 g/mol. The Kier molecular flexibility index (Phi) is 6.18. The number of rotatable bonds is 6. The Bertz CT molecular complexity index is 1180. The molecule has 4 heterocycles. The van der Waals surface area contributed by atoms with E-state index in [1.165, 1.54) is 22.6 Å². The highest BCUT2D eigenvalue weighted by molar-refractivity contribution is 7.89. The first-order valence-corrected chi connectivity index (χ1v) is 13.9. The minimum absolute atomic E-state index is 0.0686. The van der Waals surface area contributed by atoms with Gasteiger partial charge in [-0.1, -0.05) is 6.07 Å². The van der Waals surface area contributed by atoms with Crippen molar-refractivity contribution in [1.29, 1.82) is 0 Å². The first-order valence-electron chi connectivity index (χ1n) is 10.6. The molecule has 6 nitrogen and oxygen atoms in total. The number of benzene rings is 1. The zero-order valence-corrected chi connectivity index (χ0v) is 19.8. The van der Waals surface area contributed by atoms with Crippen molar-refractivity contribution in [3.8, 4) is 0 Å². The number of ether oxygens (including phenoxy) is 1. The summed E-state index contributed by atoms with van der Waals surface area (Å²) in [7, 11) is -3.65. The van der Waals surface area contributed by atoms with Gasteiger partial charge in [-0.25, -0.2) is 13.1 Å². The lowest BCUT2D eigenvalue weighted by Crippen LogP contribution is -2.39. The van der Waals surface area contributed by atoms with Crippen molar-refractivity contribution in [1.82, 2.24) is 9.62 Å². The summed E-state index contributed by atoms with van der Waals surface area (Å²) >= 11 is 3.39. The second kappa shape index (κ2) is 9.07. The summed E-state index contributed by atoms with van der Waals surface area (Å²) in [5, 5.41) is 4.12. The average molecular weight is 489 g/mol. The molecule has 3 aromatic rings. The molecule has 32 heavy (non-hydrogen) atoms. The summed E-state index contributed by atoms with van der Waals surface area (Å²) < 4.78 is 33.4. The lowest BCUT2D eigenvalue weighted by Gasteiger charge is -2.35. The van der Waals surface area contributed by atoms with E-state index in [-0.39, 0.29) is 29.5 Å². The van der Waals surface area contributed by atoms with Crippen LogP contribution in [0.15, 0.2) is 58.1 Å². The summed E-state index contributed by atoms with van der Waals surface area (Å²) in [6.07, 6.45) is 2.59. The van der Waals surface area contributed by atoms with Crippen LogP contribution in [0.25, 0.3) is 0 Å². The van der Waals surface area contributed by atoms with E-state index >= 15 is 0 Å². The zero-order chi connectivity index (χ0) is 22.1. The number of amides is 1. The third kappa shape index (κ3) is 4.27. The molecule has 0 aliphatic carbocycles. The topological polar surface area (TPSA) is 75.7 Å². The van der Waals surface area contributed by atoms with E-state index < -0.39 is 10.0 Å². The Labute approximate surface area is 195 Å². The van der Waals surface area contributed by atoms with E-state index in [2.05, 4.69) is 22.2 Å². The molecule has 1 N–H and O–H groups in total. The Morgan fingerprint density at radius 2 is 1.97 bits per heavy atom. The standard InChI is InChI=1S/C23H24N2O4S3/c26-23(25-11-9-20-19(10-14-31-20)22(25)21-4-2-13-30-21)16-5-7-18(8-6-16)32(27,28)24-15-17-3-1-12-29-17/h2,4-8,10,13-14,17,22,24H,1,3,9,11-12,15H2/t17-,22+/m1/s1. The molecule has 0 radical (unpaired) electrons. The number of hydrogen-bond donors (Lipinski definition) is 1. The number of fused-ring (bicyclic) bond motifs is 1. The van der Waals surface area contributed by atoms with Gasteiger partial charge in [0.05, 0.1) is 17.0 Å². The van der Waals surface area contributed by atoms with Crippen molar-refractivity contribution in [2.24, 2.45) is 0 Å². The van der Waals surface area contributed by atoms with E-state index in [4.69, 9.17) is 4.74 Å². The molecule has 0 saturated carbocycles. The second-order valence-electron chi connectivity index (χ2n) is 7.98. The Morgan fingerprint density at radius 1 is 1.12 bits per heavy atom. The van der Waals surface area contributed by atoms with Crippen molar-refractivity contribution in [3.63, 3.8) is 0 Å². The van der Waals surface area contributed by atoms with Crippen LogP contribution in [0, 0.1) is 0 Å². The molecule has 2 atom stereocenters. The molecule has 2 aromatic heterocycles. The third-order valence-electron chi connectivity index (χ3n) is 5.98. The van der Waals surface area contributed by atoms with Gasteiger partial charge in [0.15, 0.2) is 0 Å². The van der Waals surface area contributed by atoms with Crippen molar-refractivity contribution in [2.75, 3.05) is 19.7 Å². The molecule has 2 aliphatic heterocycles. The Hall–Kier alpha value is -2.04. The maximum absolute atomic E-state index is 13.5. The van der Waals surface area contributed by atoms with E-state index in [1.54, 1.807) is 34.8 Å². The smallest absolute Gasteiger partial charge is 0.254 e. The Balaban J connectivity index is 1.35. The fourth-order valence-corrected chi connectivity index (χ4v) is 7.15. The maximum Gasteiger partial charge on any atom is 0.254 e. The average Bonchev–Trinajstić information content (AvgIpc) is 3.59. The van der Waals surface area contributed by atoms with Crippen LogP contribution in [0.2, 0.25) is 0 Å². The molecule has 5 rings (SSSR count). The number of thiophene rings is 2. The number of nitrogens with one attached hydrogen (secondary N) is 1. The van der Waals surface area contributed by atoms with Gasteiger partial charge >= 0.3 is 0 Å². The summed E-state index contributed by atoms with van der Waals surface area (Å²) in [5.74, 6) is -0.0866. The normalized spacial score (nSPS) is 20.9. The number of hydrogen-bond acceptors (Lipinski definition) is 6. The van der Waals surface area contributed by atoms with Crippen LogP contribution in [0.4, 0.5) is 0 Å². The SMILES string of the molecule is O=C(c1ccc(S(=O)(=O)NC[C@H]2CCCO2)cc1)N1CCc2sccc2[C@H]1c1cccs1. The molecule has 168 valence electrons. The second-order valence-corrected chi connectivity index (χ2v) is 11.7. The van der Waals surface area contributed by atoms with Crippen LogP contribution >= 0.6 is 22.7 Å². The molecule has 0 unspecified atom stereocenters.